The van der Waals surface area contributed by atoms with E-state index in [1.165, 1.54) is 24.6 Å². The molecule has 2 fully saturated rings. The van der Waals surface area contributed by atoms with Crippen LogP contribution in [0, 0.1) is 11.8 Å². The lowest BCUT2D eigenvalue weighted by molar-refractivity contribution is -0.120. The van der Waals surface area contributed by atoms with Gasteiger partial charge in [0.05, 0.1) is 5.75 Å². The fraction of sp³-hybridized carbons (Fsp3) is 0.600. The van der Waals surface area contributed by atoms with Crippen molar-refractivity contribution in [3.05, 3.63) is 24.5 Å². The average Bonchev–Trinajstić information content (AvgIpc) is 3.43. The van der Waals surface area contributed by atoms with Gasteiger partial charge in [0.2, 0.25) is 5.91 Å². The summed E-state index contributed by atoms with van der Waals surface area (Å²) in [5.41, 5.74) is 0.971. The molecule has 0 saturated heterocycles. The molecule has 27 heavy (non-hydrogen) atoms. The molecule has 2 heterocycles. The molecule has 1 amide bonds. The molecule has 0 aliphatic heterocycles. The zero-order valence-electron chi connectivity index (χ0n) is 16.0. The summed E-state index contributed by atoms with van der Waals surface area (Å²) in [6, 6.07) is 4.66. The molecule has 2 aliphatic carbocycles. The van der Waals surface area contributed by atoms with Crippen molar-refractivity contribution in [1.82, 2.24) is 25.1 Å². The van der Waals surface area contributed by atoms with Crippen molar-refractivity contribution in [1.29, 1.82) is 0 Å². The van der Waals surface area contributed by atoms with E-state index < -0.39 is 0 Å². The SMILES string of the molecule is C[C@H]1[C@@H](NC(=O)CSc2nnc(-c3cccnc3)n2C2CC2)CCC[C@@H]1C. The number of hydrogen-bond acceptors (Lipinski definition) is 5. The lowest BCUT2D eigenvalue weighted by Crippen LogP contribution is -2.44. The molecule has 0 spiro atoms. The van der Waals surface area contributed by atoms with Crippen molar-refractivity contribution >= 4 is 17.7 Å². The van der Waals surface area contributed by atoms with Crippen molar-refractivity contribution in [2.24, 2.45) is 11.8 Å². The van der Waals surface area contributed by atoms with Crippen molar-refractivity contribution in [3.8, 4) is 11.4 Å². The maximum absolute atomic E-state index is 12.5. The van der Waals surface area contributed by atoms with Crippen LogP contribution in [0.2, 0.25) is 0 Å². The number of nitrogens with zero attached hydrogens (tertiary/aromatic N) is 4. The fourth-order valence-corrected chi connectivity index (χ4v) is 4.71. The summed E-state index contributed by atoms with van der Waals surface area (Å²) in [4.78, 5) is 16.7. The molecule has 2 saturated carbocycles. The lowest BCUT2D eigenvalue weighted by Gasteiger charge is -2.34. The third kappa shape index (κ3) is 4.18. The molecule has 0 bridgehead atoms. The molecule has 6 nitrogen and oxygen atoms in total. The lowest BCUT2D eigenvalue weighted by atomic mass is 9.78. The molecule has 2 aliphatic rings. The minimum absolute atomic E-state index is 0.0965. The van der Waals surface area contributed by atoms with Gasteiger partial charge in [-0.05, 0) is 43.2 Å². The molecule has 2 aromatic heterocycles. The van der Waals surface area contributed by atoms with Crippen LogP contribution in [0.1, 0.15) is 52.0 Å². The standard InChI is InChI=1S/C20H27N5OS/c1-13-5-3-7-17(14(13)2)22-18(26)12-27-20-24-23-19(25(20)16-8-9-16)15-6-4-10-21-11-15/h4,6,10-11,13-14,16-17H,3,5,7-9,12H2,1-2H3,(H,22,26)/t13-,14+,17-/m0/s1. The van der Waals surface area contributed by atoms with Crippen LogP contribution in [0.15, 0.2) is 29.7 Å². The number of carbonyl (C=O) groups excluding carboxylic acids is 1. The Hall–Kier alpha value is -1.89. The molecular weight excluding hydrogens is 358 g/mol. The van der Waals surface area contributed by atoms with Crippen LogP contribution in [0.3, 0.4) is 0 Å². The highest BCUT2D eigenvalue weighted by Crippen LogP contribution is 2.41. The van der Waals surface area contributed by atoms with Crippen molar-refractivity contribution in [3.63, 3.8) is 0 Å². The van der Waals surface area contributed by atoms with E-state index in [2.05, 4.69) is 38.9 Å². The van der Waals surface area contributed by atoms with Crippen molar-refractivity contribution in [2.45, 2.75) is 63.2 Å². The summed E-state index contributed by atoms with van der Waals surface area (Å²) in [5, 5.41) is 12.8. The summed E-state index contributed by atoms with van der Waals surface area (Å²) in [7, 11) is 0. The maximum Gasteiger partial charge on any atom is 0.230 e. The van der Waals surface area contributed by atoms with Gasteiger partial charge in [-0.3, -0.25) is 14.3 Å². The summed E-state index contributed by atoms with van der Waals surface area (Å²) >= 11 is 1.49. The third-order valence-corrected chi connectivity index (χ3v) is 6.82. The highest BCUT2D eigenvalue weighted by atomic mass is 32.2. The largest absolute Gasteiger partial charge is 0.352 e. The minimum atomic E-state index is 0.0965. The van der Waals surface area contributed by atoms with E-state index in [-0.39, 0.29) is 5.91 Å². The van der Waals surface area contributed by atoms with Gasteiger partial charge in [0.15, 0.2) is 11.0 Å². The smallest absolute Gasteiger partial charge is 0.230 e. The summed E-state index contributed by atoms with van der Waals surface area (Å²) in [5.74, 6) is 2.55. The Kier molecular flexibility index (Phi) is 5.48. The number of amides is 1. The van der Waals surface area contributed by atoms with Gasteiger partial charge in [0.1, 0.15) is 0 Å². The van der Waals surface area contributed by atoms with Gasteiger partial charge in [-0.25, -0.2) is 0 Å². The molecule has 1 N–H and O–H groups in total. The van der Waals surface area contributed by atoms with E-state index in [4.69, 9.17) is 0 Å². The Morgan fingerprint density at radius 2 is 2.11 bits per heavy atom. The summed E-state index contributed by atoms with van der Waals surface area (Å²) in [6.45, 7) is 4.54. The number of hydrogen-bond donors (Lipinski definition) is 1. The van der Waals surface area contributed by atoms with E-state index in [1.807, 2.05) is 18.3 Å². The molecule has 3 atom stereocenters. The summed E-state index contributed by atoms with van der Waals surface area (Å²) in [6.07, 6.45) is 9.42. The van der Waals surface area contributed by atoms with E-state index in [1.54, 1.807) is 6.20 Å². The molecule has 0 radical (unpaired) electrons. The van der Waals surface area contributed by atoms with E-state index in [0.717, 1.165) is 35.8 Å². The molecular formula is C20H27N5OS. The zero-order chi connectivity index (χ0) is 18.8. The molecule has 2 aromatic rings. The first kappa shape index (κ1) is 18.5. The minimum Gasteiger partial charge on any atom is -0.352 e. The first-order valence-corrected chi connectivity index (χ1v) is 10.9. The second-order valence-electron chi connectivity index (χ2n) is 7.88. The quantitative estimate of drug-likeness (QED) is 0.768. The van der Waals surface area contributed by atoms with Gasteiger partial charge in [0.25, 0.3) is 0 Å². The molecule has 4 rings (SSSR count). The van der Waals surface area contributed by atoms with E-state index >= 15 is 0 Å². The highest BCUT2D eigenvalue weighted by molar-refractivity contribution is 7.99. The van der Waals surface area contributed by atoms with Crippen molar-refractivity contribution < 1.29 is 4.79 Å². The van der Waals surface area contributed by atoms with Gasteiger partial charge >= 0.3 is 0 Å². The van der Waals surface area contributed by atoms with Crippen LogP contribution in [-0.4, -0.2) is 37.5 Å². The molecule has 0 aromatic carbocycles. The van der Waals surface area contributed by atoms with Gasteiger partial charge in [-0.2, -0.15) is 0 Å². The first-order chi connectivity index (χ1) is 13.1. The molecule has 0 unspecified atom stereocenters. The van der Waals surface area contributed by atoms with Crippen LogP contribution in [-0.2, 0) is 4.79 Å². The van der Waals surface area contributed by atoms with Gasteiger partial charge in [0, 0.05) is 30.0 Å². The Balaban J connectivity index is 1.41. The maximum atomic E-state index is 12.5. The number of aromatic nitrogens is 4. The Morgan fingerprint density at radius 3 is 2.85 bits per heavy atom. The van der Waals surface area contributed by atoms with Gasteiger partial charge in [-0.1, -0.05) is 38.5 Å². The van der Waals surface area contributed by atoms with Crippen LogP contribution in [0.25, 0.3) is 11.4 Å². The van der Waals surface area contributed by atoms with E-state index in [9.17, 15) is 4.79 Å². The van der Waals surface area contributed by atoms with Crippen LogP contribution in [0.5, 0.6) is 0 Å². The third-order valence-electron chi connectivity index (χ3n) is 5.88. The monoisotopic (exact) mass is 385 g/mol. The Morgan fingerprint density at radius 1 is 1.26 bits per heavy atom. The number of thioether (sulfide) groups is 1. The van der Waals surface area contributed by atoms with E-state index in [0.29, 0.717) is 29.7 Å². The Labute approximate surface area is 164 Å². The first-order valence-electron chi connectivity index (χ1n) is 9.91. The highest BCUT2D eigenvalue weighted by Gasteiger charge is 2.31. The number of carbonyl (C=O) groups is 1. The van der Waals surface area contributed by atoms with Gasteiger partial charge in [-0.15, -0.1) is 10.2 Å². The molecule has 144 valence electrons. The second-order valence-corrected chi connectivity index (χ2v) is 8.82. The number of rotatable bonds is 6. The van der Waals surface area contributed by atoms with Crippen LogP contribution >= 0.6 is 11.8 Å². The fourth-order valence-electron chi connectivity index (χ4n) is 3.89. The topological polar surface area (TPSA) is 72.7 Å². The van der Waals surface area contributed by atoms with Crippen LogP contribution in [0.4, 0.5) is 0 Å². The Bertz CT molecular complexity index is 789. The normalized spacial score (nSPS) is 25.3. The average molecular weight is 386 g/mol. The van der Waals surface area contributed by atoms with Crippen LogP contribution < -0.4 is 5.32 Å². The second kappa shape index (κ2) is 8.00. The zero-order valence-corrected chi connectivity index (χ0v) is 16.8. The predicted octanol–water partition coefficient (Wildman–Crippen LogP) is 3.71. The molecule has 7 heteroatoms. The summed E-state index contributed by atoms with van der Waals surface area (Å²) < 4.78 is 2.18. The van der Waals surface area contributed by atoms with Gasteiger partial charge < -0.3 is 5.32 Å². The number of nitrogens with one attached hydrogen (secondary N) is 1. The number of pyridine rings is 1. The van der Waals surface area contributed by atoms with Crippen molar-refractivity contribution in [2.75, 3.05) is 5.75 Å². The predicted molar refractivity (Wildman–Crippen MR) is 106 cm³/mol.